The molecule has 39 heavy (non-hydrogen) atoms. The van der Waals surface area contributed by atoms with Crippen LogP contribution in [0.25, 0.3) is 38.0 Å². The molecule has 1 saturated heterocycles. The fourth-order valence-electron chi connectivity index (χ4n) is 8.23. The van der Waals surface area contributed by atoms with E-state index in [-0.39, 0.29) is 0 Å². The maximum atomic E-state index is 6.29. The van der Waals surface area contributed by atoms with E-state index in [1.807, 2.05) is 24.7 Å². The Kier molecular flexibility index (Phi) is 5.34. The van der Waals surface area contributed by atoms with E-state index in [1.165, 1.54) is 38.5 Å². The van der Waals surface area contributed by atoms with Gasteiger partial charge in [0.25, 0.3) is 0 Å². The summed E-state index contributed by atoms with van der Waals surface area (Å²) in [5.74, 6) is 3.05. The van der Waals surface area contributed by atoms with E-state index in [0.717, 1.165) is 62.2 Å². The minimum atomic E-state index is 0.380. The summed E-state index contributed by atoms with van der Waals surface area (Å²) in [6, 6.07) is 6.08. The van der Waals surface area contributed by atoms with Crippen molar-refractivity contribution >= 4 is 50.0 Å². The lowest BCUT2D eigenvalue weighted by Gasteiger charge is -2.44. The number of anilines is 1. The number of fused-ring (bicyclic) bond motifs is 2. The number of nitrogens with two attached hydrogens (primary N) is 1. The number of rotatable bonds is 6. The lowest BCUT2D eigenvalue weighted by molar-refractivity contribution is 0.102. The monoisotopic (exact) mass is 537 g/mol. The van der Waals surface area contributed by atoms with Crippen LogP contribution in [0.2, 0.25) is 0 Å². The van der Waals surface area contributed by atoms with Crippen molar-refractivity contribution in [1.29, 1.82) is 0 Å². The zero-order valence-electron chi connectivity index (χ0n) is 22.6. The van der Waals surface area contributed by atoms with Crippen LogP contribution in [0.4, 0.5) is 5.82 Å². The normalized spacial score (nSPS) is 31.3. The van der Waals surface area contributed by atoms with Gasteiger partial charge in [0, 0.05) is 69.7 Å². The van der Waals surface area contributed by atoms with Crippen LogP contribution in [0.5, 0.6) is 0 Å². The fourth-order valence-corrected chi connectivity index (χ4v) is 9.14. The summed E-state index contributed by atoms with van der Waals surface area (Å²) >= 11 is 1.67. The van der Waals surface area contributed by atoms with Crippen LogP contribution in [0.1, 0.15) is 64.4 Å². The van der Waals surface area contributed by atoms with E-state index >= 15 is 0 Å². The Morgan fingerprint density at radius 1 is 1.18 bits per heavy atom. The Hall–Kier alpha value is -3.03. The molecular weight excluding hydrogens is 502 g/mol. The number of dihydropyridines is 1. The number of hydrogen-bond donors (Lipinski definition) is 1. The summed E-state index contributed by atoms with van der Waals surface area (Å²) in [5.41, 5.74) is 10.7. The highest BCUT2D eigenvalue weighted by atomic mass is 32.1. The lowest BCUT2D eigenvalue weighted by Crippen LogP contribution is -2.44. The average Bonchev–Trinajstić information content (AvgIpc) is 3.21. The Balaban J connectivity index is 0.978. The van der Waals surface area contributed by atoms with Gasteiger partial charge < -0.3 is 10.2 Å². The Bertz CT molecular complexity index is 1650. The van der Waals surface area contributed by atoms with E-state index in [0.29, 0.717) is 29.0 Å². The number of likely N-dealkylation sites (tertiary alicyclic amines) is 1. The molecule has 6 atom stereocenters. The summed E-state index contributed by atoms with van der Waals surface area (Å²) in [6.07, 6.45) is 19.2. The lowest BCUT2D eigenvalue weighted by atomic mass is 9.61. The smallest absolute Gasteiger partial charge is 0.177 e. The molecule has 0 bridgehead atoms. The number of hydrogen-bond acceptors (Lipinski definition) is 7. The molecule has 4 aliphatic rings. The van der Waals surface area contributed by atoms with Gasteiger partial charge in [-0.3, -0.25) is 14.9 Å². The first kappa shape index (κ1) is 23.8. The summed E-state index contributed by atoms with van der Waals surface area (Å²) in [6.45, 7) is 4.77. The van der Waals surface area contributed by atoms with Gasteiger partial charge in [-0.25, -0.2) is 4.98 Å². The number of furan rings is 1. The van der Waals surface area contributed by atoms with E-state index in [1.54, 1.807) is 11.3 Å². The van der Waals surface area contributed by atoms with Crippen molar-refractivity contribution in [3.05, 3.63) is 47.7 Å². The van der Waals surface area contributed by atoms with Crippen LogP contribution in [0.15, 0.2) is 51.6 Å². The van der Waals surface area contributed by atoms with Crippen LogP contribution >= 0.6 is 11.3 Å². The molecule has 2 aliphatic heterocycles. The molecular formula is C32H35N5OS. The van der Waals surface area contributed by atoms with Crippen LogP contribution in [0, 0.1) is 11.8 Å². The molecule has 2 saturated carbocycles. The van der Waals surface area contributed by atoms with Gasteiger partial charge >= 0.3 is 0 Å². The highest BCUT2D eigenvalue weighted by molar-refractivity contribution is 7.17. The summed E-state index contributed by atoms with van der Waals surface area (Å²) in [7, 11) is 0. The van der Waals surface area contributed by atoms with Gasteiger partial charge in [0.1, 0.15) is 5.76 Å². The van der Waals surface area contributed by atoms with Gasteiger partial charge in [-0.1, -0.05) is 6.08 Å². The molecule has 3 fully saturated rings. The average molecular weight is 538 g/mol. The molecule has 2 N–H and O–H groups in total. The molecule has 0 amide bonds. The maximum absolute atomic E-state index is 6.29. The molecule has 200 valence electrons. The second-order valence-corrected chi connectivity index (χ2v) is 13.3. The molecule has 8 rings (SSSR count). The standard InChI is InChI=1S/C32H35N5OS/c1-18(2)37-29-12-19(11-21-7-9-32(21,29)37)3-5-22-6-4-20(14-35-22)25-15-36-31(33)30-24(25)13-27(38-30)26-17-39-28-16-34-10-8-23(26)28/h4,8,10,13-19,21-22,29H,3,5-7,9,11-12H2,1-2H3,(H2,33,36). The first-order valence-corrected chi connectivity index (χ1v) is 15.4. The number of nitrogens with zero attached hydrogens (tertiary/aromatic N) is 4. The molecule has 2 aliphatic carbocycles. The number of nitrogen functional groups attached to an aromatic ring is 1. The van der Waals surface area contributed by atoms with Gasteiger partial charge in [-0.2, -0.15) is 0 Å². The van der Waals surface area contributed by atoms with Crippen molar-refractivity contribution in [3.8, 4) is 11.3 Å². The number of aliphatic imine (C=N–C) groups is 1. The van der Waals surface area contributed by atoms with Crippen molar-refractivity contribution in [3.63, 3.8) is 0 Å². The van der Waals surface area contributed by atoms with Gasteiger partial charge in [-0.05, 0) is 88.3 Å². The van der Waals surface area contributed by atoms with Crippen LogP contribution in [-0.4, -0.2) is 44.7 Å². The highest BCUT2D eigenvalue weighted by Crippen LogP contribution is 2.66. The number of allylic oxidation sites excluding steroid dienone is 1. The van der Waals surface area contributed by atoms with Crippen LogP contribution in [-0.2, 0) is 0 Å². The van der Waals surface area contributed by atoms with Crippen molar-refractivity contribution in [2.45, 2.75) is 82.5 Å². The van der Waals surface area contributed by atoms with Crippen LogP contribution < -0.4 is 5.73 Å². The third-order valence-electron chi connectivity index (χ3n) is 10.1. The Labute approximate surface area is 233 Å². The van der Waals surface area contributed by atoms with Crippen LogP contribution in [0.3, 0.4) is 0 Å². The highest BCUT2D eigenvalue weighted by Gasteiger charge is 2.72. The quantitative estimate of drug-likeness (QED) is 0.260. The first-order chi connectivity index (χ1) is 19.0. The van der Waals surface area contributed by atoms with Crippen molar-refractivity contribution in [2.24, 2.45) is 16.8 Å². The number of pyridine rings is 2. The van der Waals surface area contributed by atoms with Crippen molar-refractivity contribution in [1.82, 2.24) is 14.9 Å². The number of thiophene rings is 1. The van der Waals surface area contributed by atoms with Gasteiger partial charge in [0.15, 0.2) is 11.4 Å². The van der Waals surface area contributed by atoms with E-state index in [4.69, 9.17) is 15.1 Å². The first-order valence-electron chi connectivity index (χ1n) is 14.5. The van der Waals surface area contributed by atoms with E-state index in [9.17, 15) is 0 Å². The Morgan fingerprint density at radius 2 is 2.10 bits per heavy atom. The third kappa shape index (κ3) is 3.59. The molecule has 0 radical (unpaired) electrons. The predicted molar refractivity (Wildman–Crippen MR) is 160 cm³/mol. The third-order valence-corrected chi connectivity index (χ3v) is 11.1. The zero-order chi connectivity index (χ0) is 26.3. The summed E-state index contributed by atoms with van der Waals surface area (Å²) in [4.78, 5) is 16.6. The molecule has 4 aromatic rings. The van der Waals surface area contributed by atoms with E-state index < -0.39 is 0 Å². The van der Waals surface area contributed by atoms with Gasteiger partial charge in [0.05, 0.1) is 10.7 Å². The van der Waals surface area contributed by atoms with Crippen molar-refractivity contribution in [2.75, 3.05) is 5.73 Å². The van der Waals surface area contributed by atoms with Gasteiger partial charge in [-0.15, -0.1) is 11.3 Å². The SMILES string of the molecule is CC(C)N1C2CC(CCC3CC=C(c4cnc(N)c5oc(-c6csc7cnccc67)cc45)C=N3)CC3CCC321. The second-order valence-electron chi connectivity index (χ2n) is 12.4. The topological polar surface area (TPSA) is 80.3 Å². The fraction of sp³-hybridized carbons (Fsp3) is 0.469. The summed E-state index contributed by atoms with van der Waals surface area (Å²) in [5, 5.41) is 4.26. The van der Waals surface area contributed by atoms with E-state index in [2.05, 4.69) is 52.5 Å². The van der Waals surface area contributed by atoms with Gasteiger partial charge in [0.2, 0.25) is 0 Å². The maximum Gasteiger partial charge on any atom is 0.177 e. The molecule has 0 aromatic carbocycles. The second kappa shape index (κ2) is 8.73. The number of aromatic nitrogens is 2. The largest absolute Gasteiger partial charge is 0.452 e. The molecule has 4 aromatic heterocycles. The molecule has 6 heterocycles. The predicted octanol–water partition coefficient (Wildman–Crippen LogP) is 7.34. The van der Waals surface area contributed by atoms with Crippen molar-refractivity contribution < 1.29 is 4.42 Å². The zero-order valence-corrected chi connectivity index (χ0v) is 23.5. The molecule has 7 heteroatoms. The molecule has 6 unspecified atom stereocenters. The molecule has 6 nitrogen and oxygen atoms in total. The minimum Gasteiger partial charge on any atom is -0.452 e. The Morgan fingerprint density at radius 3 is 2.90 bits per heavy atom. The minimum absolute atomic E-state index is 0.380. The summed E-state index contributed by atoms with van der Waals surface area (Å²) < 4.78 is 7.43. The molecule has 1 spiro atoms.